The molecule has 74 valence electrons. The normalized spacial score (nSPS) is 9.08. The van der Waals surface area contributed by atoms with Gasteiger partial charge in [-0.1, -0.05) is 36.7 Å². The minimum absolute atomic E-state index is 0.0347. The van der Waals surface area contributed by atoms with Crippen LogP contribution in [0.4, 0.5) is 0 Å². The van der Waals surface area contributed by atoms with Crippen molar-refractivity contribution in [3.63, 3.8) is 0 Å². The smallest absolute Gasteiger partial charge is 0.314 e. The molecule has 0 amide bonds. The zero-order valence-electron chi connectivity index (χ0n) is 8.01. The van der Waals surface area contributed by atoms with Crippen molar-refractivity contribution in [1.82, 2.24) is 4.90 Å². The summed E-state index contributed by atoms with van der Waals surface area (Å²) >= 11 is 2.71. The molecule has 0 aromatic carbocycles. The molecule has 0 bridgehead atoms. The van der Waals surface area contributed by atoms with Crippen LogP contribution in [0.1, 0.15) is 20.8 Å². The number of hydrogen-bond acceptors (Lipinski definition) is 2. The molecule has 0 unspecified atom stereocenters. The van der Waals surface area contributed by atoms with Gasteiger partial charge in [0.15, 0.2) is 0 Å². The Hall–Kier alpha value is -0.0900. The molecule has 0 aliphatic rings. The third kappa shape index (κ3) is 12.6. The lowest BCUT2D eigenvalue weighted by Gasteiger charge is -2.13. The molecular weight excluding hydrogens is 222 g/mol. The molecule has 0 saturated carbocycles. The van der Waals surface area contributed by atoms with Crippen molar-refractivity contribution < 1.29 is 9.90 Å². The van der Waals surface area contributed by atoms with Crippen molar-refractivity contribution >= 4 is 21.9 Å². The molecule has 0 atom stereocenters. The zero-order valence-corrected chi connectivity index (χ0v) is 9.60. The van der Waals surface area contributed by atoms with E-state index >= 15 is 0 Å². The van der Waals surface area contributed by atoms with Gasteiger partial charge >= 0.3 is 5.97 Å². The van der Waals surface area contributed by atoms with Crippen LogP contribution in [0.2, 0.25) is 0 Å². The first-order valence-corrected chi connectivity index (χ1v) is 5.24. The lowest BCUT2D eigenvalue weighted by atomic mass is 10.5. The summed E-state index contributed by atoms with van der Waals surface area (Å²) in [5.41, 5.74) is 0. The van der Waals surface area contributed by atoms with E-state index in [0.717, 1.165) is 0 Å². The lowest BCUT2D eigenvalue weighted by Crippen LogP contribution is -2.21. The molecule has 0 saturated heterocycles. The van der Waals surface area contributed by atoms with Gasteiger partial charge in [-0.05, 0) is 19.6 Å². The van der Waals surface area contributed by atoms with Gasteiger partial charge < -0.3 is 10.0 Å². The number of rotatable bonds is 4. The van der Waals surface area contributed by atoms with Crippen molar-refractivity contribution in [2.45, 2.75) is 20.8 Å². The van der Waals surface area contributed by atoms with Crippen molar-refractivity contribution in [2.75, 3.05) is 25.0 Å². The molecule has 0 heterocycles. The van der Waals surface area contributed by atoms with E-state index in [2.05, 4.69) is 41.6 Å². The highest BCUT2D eigenvalue weighted by Crippen LogP contribution is 1.81. The predicted octanol–water partition coefficient (Wildman–Crippen LogP) is 1.81. The summed E-state index contributed by atoms with van der Waals surface area (Å²) < 4.78 is 0. The van der Waals surface area contributed by atoms with Gasteiger partial charge in [-0.3, -0.25) is 4.79 Å². The minimum Gasteiger partial charge on any atom is -0.481 e. The molecule has 0 fully saturated rings. The van der Waals surface area contributed by atoms with Crippen LogP contribution in [0.25, 0.3) is 0 Å². The fraction of sp³-hybridized carbons (Fsp3) is 0.875. The van der Waals surface area contributed by atoms with Gasteiger partial charge in [-0.25, -0.2) is 0 Å². The van der Waals surface area contributed by atoms with Crippen LogP contribution in [-0.2, 0) is 4.79 Å². The predicted molar refractivity (Wildman–Crippen MR) is 54.9 cm³/mol. The van der Waals surface area contributed by atoms with Crippen molar-refractivity contribution in [3.8, 4) is 0 Å². The number of nitrogens with zero attached hydrogens (tertiary/aromatic N) is 1. The number of carboxylic acid groups (broad SMARTS) is 1. The van der Waals surface area contributed by atoms with E-state index in [4.69, 9.17) is 5.11 Å². The van der Waals surface area contributed by atoms with E-state index in [0.29, 0.717) is 0 Å². The average Bonchev–Trinajstić information content (AvgIpc) is 2.09. The van der Waals surface area contributed by atoms with Crippen LogP contribution < -0.4 is 0 Å². The average molecular weight is 240 g/mol. The largest absolute Gasteiger partial charge is 0.481 e. The molecule has 4 heteroatoms. The fourth-order valence-electron chi connectivity index (χ4n) is 0.671. The van der Waals surface area contributed by atoms with Gasteiger partial charge in [-0.2, -0.15) is 0 Å². The number of alkyl halides is 1. The Labute approximate surface area is 82.9 Å². The zero-order chi connectivity index (χ0) is 9.98. The minimum atomic E-state index is -0.829. The van der Waals surface area contributed by atoms with Gasteiger partial charge in [-0.15, -0.1) is 0 Å². The third-order valence-corrected chi connectivity index (χ3v) is 1.94. The fourth-order valence-corrected chi connectivity index (χ4v) is 0.671. The van der Waals surface area contributed by atoms with Crippen LogP contribution in [-0.4, -0.2) is 40.9 Å². The summed E-state index contributed by atoms with van der Waals surface area (Å²) in [4.78, 5) is 11.7. The Kier molecular flexibility index (Phi) is 13.1. The Morgan fingerprint density at radius 1 is 1.25 bits per heavy atom. The number of carbonyl (C=O) groups is 1. The summed E-state index contributed by atoms with van der Waals surface area (Å²) in [6.07, 6.45) is 0. The number of carboxylic acids is 1. The van der Waals surface area contributed by atoms with Crippen molar-refractivity contribution in [1.29, 1.82) is 0 Å². The number of aliphatic carboxylic acids is 1. The van der Waals surface area contributed by atoms with Gasteiger partial charge in [0.1, 0.15) is 5.33 Å². The summed E-state index contributed by atoms with van der Waals surface area (Å²) in [5, 5.41) is 7.71. The van der Waals surface area contributed by atoms with E-state index in [1.807, 2.05) is 0 Å². The first-order chi connectivity index (χ1) is 5.62. The molecule has 0 rings (SSSR count). The van der Waals surface area contributed by atoms with Crippen LogP contribution in [0.15, 0.2) is 0 Å². The lowest BCUT2D eigenvalue weighted by molar-refractivity contribution is -0.133. The highest BCUT2D eigenvalue weighted by Gasteiger charge is 1.89. The summed E-state index contributed by atoms with van der Waals surface area (Å²) in [6, 6.07) is 0. The van der Waals surface area contributed by atoms with Gasteiger partial charge in [0.2, 0.25) is 0 Å². The maximum absolute atomic E-state index is 9.32. The second kappa shape index (κ2) is 10.9. The first kappa shape index (κ1) is 14.4. The molecule has 0 radical (unpaired) electrons. The van der Waals surface area contributed by atoms with E-state index in [1.54, 1.807) is 0 Å². The SMILES string of the molecule is CCN(CC)CC.O=C(O)CBr. The van der Waals surface area contributed by atoms with Crippen LogP contribution in [0.3, 0.4) is 0 Å². The molecule has 3 nitrogen and oxygen atoms in total. The highest BCUT2D eigenvalue weighted by atomic mass is 79.9. The van der Waals surface area contributed by atoms with E-state index < -0.39 is 5.97 Å². The third-order valence-electron chi connectivity index (χ3n) is 1.46. The molecule has 1 N–H and O–H groups in total. The molecule has 0 aliphatic heterocycles. The molecule has 12 heavy (non-hydrogen) atoms. The van der Waals surface area contributed by atoms with Crippen LogP contribution in [0, 0.1) is 0 Å². The van der Waals surface area contributed by atoms with Crippen molar-refractivity contribution in [3.05, 3.63) is 0 Å². The maximum atomic E-state index is 9.32. The number of hydrogen-bond donors (Lipinski definition) is 1. The maximum Gasteiger partial charge on any atom is 0.314 e. The summed E-state index contributed by atoms with van der Waals surface area (Å²) in [7, 11) is 0. The topological polar surface area (TPSA) is 40.5 Å². The second-order valence-corrected chi connectivity index (χ2v) is 2.71. The van der Waals surface area contributed by atoms with Gasteiger partial charge in [0.05, 0.1) is 0 Å². The Balaban J connectivity index is 0. The number of halogens is 1. The molecule has 0 aromatic rings. The van der Waals surface area contributed by atoms with Gasteiger partial charge in [0.25, 0.3) is 0 Å². The Morgan fingerprint density at radius 2 is 1.50 bits per heavy atom. The standard InChI is InChI=1S/C6H15N.C2H3BrO2/c1-4-7(5-2)6-3;3-1-2(4)5/h4-6H2,1-3H3;1H2,(H,4,5). The van der Waals surface area contributed by atoms with E-state index in [-0.39, 0.29) is 5.33 Å². The van der Waals surface area contributed by atoms with Crippen molar-refractivity contribution in [2.24, 2.45) is 0 Å². The Morgan fingerprint density at radius 3 is 1.50 bits per heavy atom. The van der Waals surface area contributed by atoms with Crippen LogP contribution >= 0.6 is 15.9 Å². The molecular formula is C8H18BrNO2. The second-order valence-electron chi connectivity index (χ2n) is 2.15. The highest BCUT2D eigenvalue weighted by molar-refractivity contribution is 9.09. The van der Waals surface area contributed by atoms with Gasteiger partial charge in [0, 0.05) is 0 Å². The quantitative estimate of drug-likeness (QED) is 0.762. The van der Waals surface area contributed by atoms with E-state index in [9.17, 15) is 4.79 Å². The first-order valence-electron chi connectivity index (χ1n) is 4.12. The monoisotopic (exact) mass is 239 g/mol. The molecule has 0 aliphatic carbocycles. The van der Waals surface area contributed by atoms with Crippen LogP contribution in [0.5, 0.6) is 0 Å². The molecule has 0 aromatic heterocycles. The summed E-state index contributed by atoms with van der Waals surface area (Å²) in [6.45, 7) is 10.1. The molecule has 0 spiro atoms. The summed E-state index contributed by atoms with van der Waals surface area (Å²) in [5.74, 6) is -0.829. The van der Waals surface area contributed by atoms with E-state index in [1.165, 1.54) is 19.6 Å². The Bertz CT molecular complexity index is 99.7.